The summed E-state index contributed by atoms with van der Waals surface area (Å²) < 4.78 is 0. The van der Waals surface area contributed by atoms with E-state index in [0.29, 0.717) is 6.04 Å². The van der Waals surface area contributed by atoms with Gasteiger partial charge in [-0.15, -0.1) is 0 Å². The maximum absolute atomic E-state index is 6.19. The van der Waals surface area contributed by atoms with E-state index in [2.05, 4.69) is 47.1 Å². The lowest BCUT2D eigenvalue weighted by atomic mass is 10.1. The number of hydrogen-bond acceptors (Lipinski definition) is 2. The number of anilines is 1. The van der Waals surface area contributed by atoms with E-state index >= 15 is 0 Å². The lowest BCUT2D eigenvalue weighted by molar-refractivity contribution is 0.763. The van der Waals surface area contributed by atoms with Gasteiger partial charge < -0.3 is 4.90 Å². The van der Waals surface area contributed by atoms with E-state index in [1.807, 2.05) is 23.9 Å². The first-order valence-electron chi connectivity index (χ1n) is 5.17. The molecule has 0 heterocycles. The molecule has 0 aromatic heterocycles. The summed E-state index contributed by atoms with van der Waals surface area (Å²) in [6.45, 7) is 2.23. The predicted molar refractivity (Wildman–Crippen MR) is 80.3 cm³/mol. The maximum Gasteiger partial charge on any atom is 0.0467 e. The van der Waals surface area contributed by atoms with Gasteiger partial charge in [0.05, 0.1) is 0 Å². The molecule has 0 fully saturated rings. The van der Waals surface area contributed by atoms with Crippen LogP contribution in [0.2, 0.25) is 5.02 Å². The third-order valence-corrected chi connectivity index (χ3v) is 4.41. The molecule has 0 aliphatic heterocycles. The standard InChI is InChI=1S/C12H17BrClNS/c1-9(8-16-3)15(2)12-6-4-5-11(14)10(12)7-13/h4-6,9H,7-8H2,1-3H3. The van der Waals surface area contributed by atoms with Gasteiger partial charge in [-0.2, -0.15) is 11.8 Å². The van der Waals surface area contributed by atoms with Crippen molar-refractivity contribution >= 4 is 45.0 Å². The first kappa shape index (κ1) is 14.2. The first-order valence-corrected chi connectivity index (χ1v) is 8.06. The molecule has 16 heavy (non-hydrogen) atoms. The lowest BCUT2D eigenvalue weighted by Gasteiger charge is -2.28. The van der Waals surface area contributed by atoms with Gasteiger partial charge in [0.1, 0.15) is 0 Å². The number of halogens is 2. The molecular formula is C12H17BrClNS. The zero-order valence-electron chi connectivity index (χ0n) is 9.84. The Balaban J connectivity index is 2.98. The summed E-state index contributed by atoms with van der Waals surface area (Å²) in [4.78, 5) is 2.29. The minimum Gasteiger partial charge on any atom is -0.371 e. The summed E-state index contributed by atoms with van der Waals surface area (Å²) in [6, 6.07) is 6.58. The molecule has 1 aromatic carbocycles. The van der Waals surface area contributed by atoms with E-state index in [9.17, 15) is 0 Å². The van der Waals surface area contributed by atoms with Crippen LogP contribution in [-0.2, 0) is 5.33 Å². The van der Waals surface area contributed by atoms with Gasteiger partial charge in [-0.25, -0.2) is 0 Å². The van der Waals surface area contributed by atoms with Crippen LogP contribution in [0.25, 0.3) is 0 Å². The molecule has 0 aliphatic carbocycles. The third kappa shape index (κ3) is 3.31. The Morgan fingerprint density at radius 3 is 2.75 bits per heavy atom. The largest absolute Gasteiger partial charge is 0.371 e. The Morgan fingerprint density at radius 2 is 2.19 bits per heavy atom. The van der Waals surface area contributed by atoms with E-state index in [-0.39, 0.29) is 0 Å². The molecular weight excluding hydrogens is 306 g/mol. The average Bonchev–Trinajstić information content (AvgIpc) is 2.28. The van der Waals surface area contributed by atoms with E-state index in [1.165, 1.54) is 11.3 Å². The van der Waals surface area contributed by atoms with E-state index in [4.69, 9.17) is 11.6 Å². The van der Waals surface area contributed by atoms with Gasteiger partial charge in [-0.05, 0) is 25.3 Å². The SMILES string of the molecule is CSCC(C)N(C)c1cccc(Cl)c1CBr. The maximum atomic E-state index is 6.19. The van der Waals surface area contributed by atoms with Crippen LogP contribution in [0, 0.1) is 0 Å². The van der Waals surface area contributed by atoms with Crippen LogP contribution in [0.4, 0.5) is 5.69 Å². The summed E-state index contributed by atoms with van der Waals surface area (Å²) in [6.07, 6.45) is 2.13. The summed E-state index contributed by atoms with van der Waals surface area (Å²) in [7, 11) is 2.12. The second-order valence-electron chi connectivity index (χ2n) is 3.79. The molecule has 0 N–H and O–H groups in total. The minimum absolute atomic E-state index is 0.506. The van der Waals surface area contributed by atoms with Crippen molar-refractivity contribution in [1.82, 2.24) is 0 Å². The third-order valence-electron chi connectivity index (χ3n) is 2.68. The van der Waals surface area contributed by atoms with Crippen molar-refractivity contribution < 1.29 is 0 Å². The quantitative estimate of drug-likeness (QED) is 0.738. The van der Waals surface area contributed by atoms with Crippen molar-refractivity contribution in [3.8, 4) is 0 Å². The summed E-state index contributed by atoms with van der Waals surface area (Å²) in [5.41, 5.74) is 2.38. The highest BCUT2D eigenvalue weighted by atomic mass is 79.9. The van der Waals surface area contributed by atoms with Gasteiger partial charge in [0.2, 0.25) is 0 Å². The fraction of sp³-hybridized carbons (Fsp3) is 0.500. The van der Waals surface area contributed by atoms with Gasteiger partial charge in [-0.1, -0.05) is 33.6 Å². The van der Waals surface area contributed by atoms with Crippen molar-refractivity contribution in [2.75, 3.05) is 24.0 Å². The van der Waals surface area contributed by atoms with Crippen molar-refractivity contribution in [2.24, 2.45) is 0 Å². The van der Waals surface area contributed by atoms with E-state index in [1.54, 1.807) is 0 Å². The van der Waals surface area contributed by atoms with Gasteiger partial charge in [-0.3, -0.25) is 0 Å². The second kappa shape index (κ2) is 6.77. The normalized spacial score (nSPS) is 12.6. The molecule has 0 radical (unpaired) electrons. The van der Waals surface area contributed by atoms with Crippen LogP contribution in [0.1, 0.15) is 12.5 Å². The molecule has 1 aromatic rings. The van der Waals surface area contributed by atoms with Crippen LogP contribution >= 0.6 is 39.3 Å². The van der Waals surface area contributed by atoms with Crippen molar-refractivity contribution in [2.45, 2.75) is 18.3 Å². The number of benzene rings is 1. The Bertz CT molecular complexity index is 346. The zero-order chi connectivity index (χ0) is 12.1. The van der Waals surface area contributed by atoms with Gasteiger partial charge in [0, 0.05) is 40.4 Å². The number of hydrogen-bond donors (Lipinski definition) is 0. The smallest absolute Gasteiger partial charge is 0.0467 e. The monoisotopic (exact) mass is 321 g/mol. The van der Waals surface area contributed by atoms with Crippen LogP contribution in [0.15, 0.2) is 18.2 Å². The molecule has 0 saturated heterocycles. The summed E-state index contributed by atoms with van der Waals surface area (Å²) >= 11 is 11.6. The highest BCUT2D eigenvalue weighted by Crippen LogP contribution is 2.30. The zero-order valence-corrected chi connectivity index (χ0v) is 13.0. The minimum atomic E-state index is 0.506. The van der Waals surface area contributed by atoms with Crippen LogP contribution in [0.3, 0.4) is 0 Å². The van der Waals surface area contributed by atoms with E-state index < -0.39 is 0 Å². The molecule has 90 valence electrons. The molecule has 0 aliphatic rings. The predicted octanol–water partition coefficient (Wildman–Crippen LogP) is 4.42. The van der Waals surface area contributed by atoms with Crippen LogP contribution in [0.5, 0.6) is 0 Å². The van der Waals surface area contributed by atoms with Crippen LogP contribution in [-0.4, -0.2) is 25.1 Å². The number of nitrogens with zero attached hydrogens (tertiary/aromatic N) is 1. The molecule has 0 saturated carbocycles. The summed E-state index contributed by atoms with van der Waals surface area (Å²) in [5.74, 6) is 1.12. The molecule has 0 spiro atoms. The lowest BCUT2D eigenvalue weighted by Crippen LogP contribution is -2.31. The second-order valence-corrected chi connectivity index (χ2v) is 5.67. The molecule has 0 bridgehead atoms. The molecule has 1 nitrogen and oxygen atoms in total. The fourth-order valence-corrected chi connectivity index (χ4v) is 3.29. The van der Waals surface area contributed by atoms with Crippen LogP contribution < -0.4 is 4.90 Å². The number of thioether (sulfide) groups is 1. The number of alkyl halides is 1. The average molecular weight is 323 g/mol. The Labute approximate surface area is 116 Å². The number of rotatable bonds is 5. The van der Waals surface area contributed by atoms with Crippen molar-refractivity contribution in [3.05, 3.63) is 28.8 Å². The molecule has 0 amide bonds. The van der Waals surface area contributed by atoms with E-state index in [0.717, 1.165) is 16.1 Å². The summed E-state index contributed by atoms with van der Waals surface area (Å²) in [5, 5.41) is 1.62. The van der Waals surface area contributed by atoms with Crippen molar-refractivity contribution in [1.29, 1.82) is 0 Å². The molecule has 1 atom stereocenters. The Kier molecular flexibility index (Phi) is 6.01. The van der Waals surface area contributed by atoms with Gasteiger partial charge >= 0.3 is 0 Å². The van der Waals surface area contributed by atoms with Crippen molar-refractivity contribution in [3.63, 3.8) is 0 Å². The van der Waals surface area contributed by atoms with Gasteiger partial charge in [0.15, 0.2) is 0 Å². The molecule has 1 rings (SSSR count). The fourth-order valence-electron chi connectivity index (χ4n) is 1.60. The topological polar surface area (TPSA) is 3.24 Å². The Morgan fingerprint density at radius 1 is 1.50 bits per heavy atom. The highest BCUT2D eigenvalue weighted by molar-refractivity contribution is 9.08. The molecule has 1 unspecified atom stereocenters. The first-order chi connectivity index (χ1) is 7.61. The van der Waals surface area contributed by atoms with Gasteiger partial charge in [0.25, 0.3) is 0 Å². The highest BCUT2D eigenvalue weighted by Gasteiger charge is 2.14. The molecule has 4 heteroatoms. The Hall–Kier alpha value is 0.140.